The molecule has 0 radical (unpaired) electrons. The molecule has 0 aliphatic rings. The van der Waals surface area contributed by atoms with Gasteiger partial charge in [0.25, 0.3) is 5.56 Å². The number of hydrogen-bond donors (Lipinski definition) is 1. The van der Waals surface area contributed by atoms with Crippen LogP contribution in [0.1, 0.15) is 5.69 Å². The summed E-state index contributed by atoms with van der Waals surface area (Å²) in [4.78, 5) is 17.4. The largest absolute Gasteiger partial charge is 0.493 e. The highest BCUT2D eigenvalue weighted by atomic mass is 127. The standard InChI is InChI=1S/C28H24IN3O4S/c1-18-24(21-13-14-22(34-2)23(17-21)35-15-16-36-37-29)28(33)32-27(30-18)25(19-9-5-3-6-10-19)26(31-32)20-11-7-4-8-12-20/h3-14,17,30H,15-16H2,1-2H3. The normalized spacial score (nSPS) is 11.1. The number of aryl methyl sites for hydroxylation is 1. The molecular formula is C28H24IN3O4S. The Hall–Kier alpha value is -3.28. The van der Waals surface area contributed by atoms with E-state index in [0.29, 0.717) is 41.5 Å². The average Bonchev–Trinajstić information content (AvgIpc) is 3.32. The summed E-state index contributed by atoms with van der Waals surface area (Å²) in [6.07, 6.45) is 0. The van der Waals surface area contributed by atoms with E-state index >= 15 is 0 Å². The molecule has 0 aliphatic carbocycles. The number of benzene rings is 3. The van der Waals surface area contributed by atoms with Crippen molar-refractivity contribution in [1.82, 2.24) is 14.6 Å². The van der Waals surface area contributed by atoms with Crippen LogP contribution in [0.2, 0.25) is 0 Å². The van der Waals surface area contributed by atoms with Crippen molar-refractivity contribution in [3.8, 4) is 45.0 Å². The van der Waals surface area contributed by atoms with E-state index in [4.69, 9.17) is 18.8 Å². The Morgan fingerprint density at radius 2 is 1.59 bits per heavy atom. The Morgan fingerprint density at radius 1 is 0.892 bits per heavy atom. The predicted octanol–water partition coefficient (Wildman–Crippen LogP) is 6.73. The summed E-state index contributed by atoms with van der Waals surface area (Å²) in [5.41, 5.74) is 5.92. The summed E-state index contributed by atoms with van der Waals surface area (Å²) in [7, 11) is 2.84. The van der Waals surface area contributed by atoms with Gasteiger partial charge in [-0.25, -0.2) is 0 Å². The number of H-pyrrole nitrogens is 1. The summed E-state index contributed by atoms with van der Waals surface area (Å²) < 4.78 is 18.1. The van der Waals surface area contributed by atoms with Gasteiger partial charge in [-0.3, -0.25) is 4.79 Å². The van der Waals surface area contributed by atoms with Gasteiger partial charge in [0.05, 0.1) is 34.1 Å². The minimum atomic E-state index is -0.216. The number of nitrogens with zero attached hydrogens (tertiary/aromatic N) is 2. The molecule has 0 saturated heterocycles. The fourth-order valence-corrected chi connectivity index (χ4v) is 5.04. The second kappa shape index (κ2) is 11.4. The van der Waals surface area contributed by atoms with Gasteiger partial charge in [-0.1, -0.05) is 66.7 Å². The third-order valence-corrected chi connectivity index (χ3v) is 7.02. The minimum absolute atomic E-state index is 0.216. The molecule has 0 spiro atoms. The molecule has 2 heterocycles. The van der Waals surface area contributed by atoms with E-state index in [1.54, 1.807) is 13.2 Å². The summed E-state index contributed by atoms with van der Waals surface area (Å²) in [5, 5.41) is 4.81. The molecule has 1 N–H and O–H groups in total. The first kappa shape index (κ1) is 25.4. The molecule has 0 aliphatic heterocycles. The Labute approximate surface area is 230 Å². The molecule has 0 saturated carbocycles. The smallest absolute Gasteiger partial charge is 0.282 e. The Morgan fingerprint density at radius 3 is 2.27 bits per heavy atom. The summed E-state index contributed by atoms with van der Waals surface area (Å²) in [6, 6.07) is 25.4. The molecule has 0 fully saturated rings. The van der Waals surface area contributed by atoms with E-state index in [1.165, 1.54) is 13.7 Å². The number of ether oxygens (including phenoxy) is 2. The molecule has 9 heteroatoms. The van der Waals surface area contributed by atoms with E-state index in [2.05, 4.69) is 26.2 Å². The fourth-order valence-electron chi connectivity index (χ4n) is 4.37. The number of aromatic nitrogens is 3. The Kier molecular flexibility index (Phi) is 7.82. The molecule has 2 aromatic heterocycles. The van der Waals surface area contributed by atoms with Gasteiger partial charge in [-0.2, -0.15) is 9.61 Å². The molecule has 5 aromatic rings. The third-order valence-electron chi connectivity index (χ3n) is 6.00. The van der Waals surface area contributed by atoms with Gasteiger partial charge in [0.15, 0.2) is 11.5 Å². The zero-order chi connectivity index (χ0) is 25.8. The first-order chi connectivity index (χ1) is 18.1. The first-order valence-electron chi connectivity index (χ1n) is 11.6. The average molecular weight is 625 g/mol. The second-order valence-corrected chi connectivity index (χ2v) is 9.69. The number of methoxy groups -OCH3 is 1. The van der Waals surface area contributed by atoms with Gasteiger partial charge in [0.1, 0.15) is 17.9 Å². The fraction of sp³-hybridized carbons (Fsp3) is 0.143. The quantitative estimate of drug-likeness (QED) is 0.111. The number of aromatic amines is 1. The maximum atomic E-state index is 13.9. The van der Waals surface area contributed by atoms with E-state index in [0.717, 1.165) is 28.1 Å². The first-order valence-corrected chi connectivity index (χ1v) is 14.9. The van der Waals surface area contributed by atoms with E-state index in [1.807, 2.05) is 79.7 Å². The van der Waals surface area contributed by atoms with E-state index in [9.17, 15) is 4.79 Å². The number of halogens is 1. The SMILES string of the molecule is COc1ccc(-c2c(C)[nH]c3c(-c4ccccc4)c(-c4ccccc4)nn3c2=O)cc1OCCOSI. The Bertz CT molecular complexity index is 1590. The zero-order valence-corrected chi connectivity index (χ0v) is 23.2. The highest BCUT2D eigenvalue weighted by molar-refractivity contribution is 14.2. The van der Waals surface area contributed by atoms with E-state index < -0.39 is 0 Å². The lowest BCUT2D eigenvalue weighted by atomic mass is 10.0. The molecule has 0 atom stereocenters. The van der Waals surface area contributed by atoms with Crippen LogP contribution < -0.4 is 15.0 Å². The van der Waals surface area contributed by atoms with Gasteiger partial charge < -0.3 is 18.6 Å². The summed E-state index contributed by atoms with van der Waals surface area (Å²) in [6.45, 7) is 2.67. The van der Waals surface area contributed by atoms with Crippen LogP contribution in [0.3, 0.4) is 0 Å². The molecular weight excluding hydrogens is 601 g/mol. The van der Waals surface area contributed by atoms with Gasteiger partial charge in [-0.05, 0) is 30.2 Å². The number of fused-ring (bicyclic) bond motifs is 1. The van der Waals surface area contributed by atoms with Crippen molar-refractivity contribution in [1.29, 1.82) is 0 Å². The number of nitrogens with one attached hydrogen (secondary N) is 1. The van der Waals surface area contributed by atoms with E-state index in [-0.39, 0.29) is 5.56 Å². The van der Waals surface area contributed by atoms with Crippen LogP contribution in [0.15, 0.2) is 83.7 Å². The van der Waals surface area contributed by atoms with Crippen molar-refractivity contribution in [2.75, 3.05) is 20.3 Å². The number of hydrogen-bond acceptors (Lipinski definition) is 6. The maximum absolute atomic E-state index is 13.9. The van der Waals surface area contributed by atoms with Gasteiger partial charge in [-0.15, -0.1) is 0 Å². The molecule has 0 unspecified atom stereocenters. The molecule has 3 aromatic carbocycles. The molecule has 37 heavy (non-hydrogen) atoms. The molecule has 5 rings (SSSR count). The molecule has 0 amide bonds. The van der Waals surface area contributed by atoms with Crippen LogP contribution in [0.25, 0.3) is 39.2 Å². The van der Waals surface area contributed by atoms with Crippen molar-refractivity contribution in [2.45, 2.75) is 6.92 Å². The lowest BCUT2D eigenvalue weighted by molar-refractivity contribution is 0.232. The van der Waals surface area contributed by atoms with Crippen LogP contribution in [0, 0.1) is 6.92 Å². The van der Waals surface area contributed by atoms with Crippen LogP contribution in [0.5, 0.6) is 11.5 Å². The second-order valence-electron chi connectivity index (χ2n) is 8.25. The lowest BCUT2D eigenvalue weighted by Gasteiger charge is -2.13. The maximum Gasteiger partial charge on any atom is 0.282 e. The minimum Gasteiger partial charge on any atom is -0.493 e. The molecule has 7 nitrogen and oxygen atoms in total. The molecule has 188 valence electrons. The highest BCUT2D eigenvalue weighted by Gasteiger charge is 2.22. The van der Waals surface area contributed by atoms with Gasteiger partial charge in [0, 0.05) is 32.5 Å². The van der Waals surface area contributed by atoms with Gasteiger partial charge in [0.2, 0.25) is 0 Å². The topological polar surface area (TPSA) is 77.8 Å². The van der Waals surface area contributed by atoms with Crippen LogP contribution in [0.4, 0.5) is 0 Å². The van der Waals surface area contributed by atoms with Crippen molar-refractivity contribution in [2.24, 2.45) is 0 Å². The van der Waals surface area contributed by atoms with Crippen molar-refractivity contribution in [3.63, 3.8) is 0 Å². The summed E-state index contributed by atoms with van der Waals surface area (Å²) >= 11 is 2.06. The van der Waals surface area contributed by atoms with Gasteiger partial charge >= 0.3 is 0 Å². The Balaban J connectivity index is 1.68. The number of rotatable bonds is 9. The highest BCUT2D eigenvalue weighted by Crippen LogP contribution is 2.36. The zero-order valence-electron chi connectivity index (χ0n) is 20.2. The van der Waals surface area contributed by atoms with Crippen molar-refractivity contribution < 1.29 is 13.7 Å². The monoisotopic (exact) mass is 625 g/mol. The van der Waals surface area contributed by atoms with Crippen LogP contribution >= 0.6 is 30.4 Å². The van der Waals surface area contributed by atoms with Crippen LogP contribution in [-0.2, 0) is 4.18 Å². The third kappa shape index (κ3) is 5.11. The summed E-state index contributed by atoms with van der Waals surface area (Å²) in [5.74, 6) is 1.12. The van der Waals surface area contributed by atoms with Crippen molar-refractivity contribution in [3.05, 3.63) is 94.9 Å². The van der Waals surface area contributed by atoms with Crippen LogP contribution in [-0.4, -0.2) is 34.9 Å². The van der Waals surface area contributed by atoms with Crippen molar-refractivity contribution >= 4 is 36.1 Å². The predicted molar refractivity (Wildman–Crippen MR) is 156 cm³/mol. The molecule has 0 bridgehead atoms. The lowest BCUT2D eigenvalue weighted by Crippen LogP contribution is -2.19.